The molecule has 1 unspecified atom stereocenters. The molecule has 0 aromatic carbocycles. The number of ether oxygens (including phenoxy) is 1. The van der Waals surface area contributed by atoms with Gasteiger partial charge in [-0.05, 0) is 34.7 Å². The molecule has 2 rings (SSSR count). The Bertz CT molecular complexity index is 441. The SMILES string of the molecule is CCCc1[nH]c(CC2CCOC2)nc(=S)c1Br. The fourth-order valence-corrected chi connectivity index (χ4v) is 2.71. The zero-order valence-corrected chi connectivity index (χ0v) is 12.4. The molecule has 2 heterocycles. The van der Waals surface area contributed by atoms with Gasteiger partial charge in [-0.15, -0.1) is 0 Å². The van der Waals surface area contributed by atoms with Crippen molar-refractivity contribution in [2.24, 2.45) is 5.92 Å². The van der Waals surface area contributed by atoms with Crippen molar-refractivity contribution in [3.63, 3.8) is 0 Å². The van der Waals surface area contributed by atoms with E-state index in [-0.39, 0.29) is 0 Å². The second-order valence-corrected chi connectivity index (χ2v) is 5.64. The number of nitrogens with zero attached hydrogens (tertiary/aromatic N) is 1. The highest BCUT2D eigenvalue weighted by Gasteiger charge is 2.17. The molecule has 17 heavy (non-hydrogen) atoms. The van der Waals surface area contributed by atoms with Gasteiger partial charge in [0.25, 0.3) is 0 Å². The van der Waals surface area contributed by atoms with Gasteiger partial charge in [-0.3, -0.25) is 0 Å². The van der Waals surface area contributed by atoms with Crippen LogP contribution in [0.4, 0.5) is 0 Å². The van der Waals surface area contributed by atoms with Crippen molar-refractivity contribution >= 4 is 28.1 Å². The summed E-state index contributed by atoms with van der Waals surface area (Å²) in [4.78, 5) is 7.84. The number of nitrogens with one attached hydrogen (secondary N) is 1. The number of aromatic amines is 1. The van der Waals surface area contributed by atoms with E-state index in [1.165, 1.54) is 5.69 Å². The Kier molecular flexibility index (Phi) is 4.70. The number of H-pyrrole nitrogens is 1. The maximum absolute atomic E-state index is 5.38. The lowest BCUT2D eigenvalue weighted by molar-refractivity contribution is 0.185. The number of aromatic nitrogens is 2. The van der Waals surface area contributed by atoms with E-state index in [1.54, 1.807) is 0 Å². The van der Waals surface area contributed by atoms with Gasteiger partial charge in [0.1, 0.15) is 10.5 Å². The first kappa shape index (κ1) is 13.2. The summed E-state index contributed by atoms with van der Waals surface area (Å²) in [5.74, 6) is 1.58. The molecular formula is C12H17BrN2OS. The molecule has 1 N–H and O–H groups in total. The number of hydrogen-bond donors (Lipinski definition) is 1. The van der Waals surface area contributed by atoms with Crippen molar-refractivity contribution in [2.75, 3.05) is 13.2 Å². The lowest BCUT2D eigenvalue weighted by atomic mass is 10.0. The highest BCUT2D eigenvalue weighted by Crippen LogP contribution is 2.20. The largest absolute Gasteiger partial charge is 0.381 e. The first-order chi connectivity index (χ1) is 8.20. The Labute approximate surface area is 115 Å². The lowest BCUT2D eigenvalue weighted by Gasteiger charge is -2.10. The van der Waals surface area contributed by atoms with E-state index in [2.05, 4.69) is 32.8 Å². The van der Waals surface area contributed by atoms with Gasteiger partial charge in [0, 0.05) is 25.3 Å². The van der Waals surface area contributed by atoms with E-state index in [4.69, 9.17) is 17.0 Å². The van der Waals surface area contributed by atoms with Crippen LogP contribution in [0, 0.1) is 10.6 Å². The van der Waals surface area contributed by atoms with Gasteiger partial charge in [-0.25, -0.2) is 4.98 Å². The van der Waals surface area contributed by atoms with Crippen molar-refractivity contribution < 1.29 is 4.74 Å². The van der Waals surface area contributed by atoms with Crippen molar-refractivity contribution in [1.29, 1.82) is 0 Å². The average Bonchev–Trinajstić information content (AvgIpc) is 2.78. The number of halogens is 1. The van der Waals surface area contributed by atoms with Gasteiger partial charge >= 0.3 is 0 Å². The molecule has 0 amide bonds. The molecule has 1 saturated heterocycles. The van der Waals surface area contributed by atoms with Crippen molar-refractivity contribution in [3.8, 4) is 0 Å². The molecule has 0 spiro atoms. The molecule has 1 aliphatic rings. The summed E-state index contributed by atoms with van der Waals surface area (Å²) in [5, 5.41) is 0. The Balaban J connectivity index is 2.19. The predicted molar refractivity (Wildman–Crippen MR) is 73.7 cm³/mol. The molecular weight excluding hydrogens is 300 g/mol. The molecule has 0 saturated carbocycles. The van der Waals surface area contributed by atoms with Crippen molar-refractivity contribution in [1.82, 2.24) is 9.97 Å². The molecule has 3 nitrogen and oxygen atoms in total. The quantitative estimate of drug-likeness (QED) is 0.865. The highest BCUT2D eigenvalue weighted by molar-refractivity contribution is 9.10. The van der Waals surface area contributed by atoms with Crippen molar-refractivity contribution in [2.45, 2.75) is 32.6 Å². The maximum atomic E-state index is 5.38. The van der Waals surface area contributed by atoms with Gasteiger partial charge in [0.15, 0.2) is 0 Å². The summed E-state index contributed by atoms with van der Waals surface area (Å²) in [7, 11) is 0. The third-order valence-corrected chi connectivity index (χ3v) is 4.40. The molecule has 5 heteroatoms. The maximum Gasteiger partial charge on any atom is 0.144 e. The third-order valence-electron chi connectivity index (χ3n) is 2.99. The zero-order valence-electron chi connectivity index (χ0n) is 9.96. The van der Waals surface area contributed by atoms with E-state index in [0.29, 0.717) is 10.6 Å². The van der Waals surface area contributed by atoms with E-state index in [1.807, 2.05) is 0 Å². The summed E-state index contributed by atoms with van der Waals surface area (Å²) in [5.41, 5.74) is 1.17. The second-order valence-electron chi connectivity index (χ2n) is 4.46. The Morgan fingerprint density at radius 1 is 1.59 bits per heavy atom. The molecule has 1 aromatic heterocycles. The van der Waals surface area contributed by atoms with Crippen molar-refractivity contribution in [3.05, 3.63) is 20.6 Å². The van der Waals surface area contributed by atoms with Crippen LogP contribution in [0.3, 0.4) is 0 Å². The van der Waals surface area contributed by atoms with Crippen LogP contribution in [0.5, 0.6) is 0 Å². The molecule has 1 aromatic rings. The van der Waals surface area contributed by atoms with E-state index >= 15 is 0 Å². The second kappa shape index (κ2) is 6.07. The predicted octanol–water partition coefficient (Wildman–Crippen LogP) is 3.43. The van der Waals surface area contributed by atoms with E-state index in [9.17, 15) is 0 Å². The monoisotopic (exact) mass is 316 g/mol. The summed E-state index contributed by atoms with van der Waals surface area (Å²) < 4.78 is 7.00. The van der Waals surface area contributed by atoms with Crippen LogP contribution in [-0.2, 0) is 17.6 Å². The molecule has 1 fully saturated rings. The first-order valence-electron chi connectivity index (χ1n) is 6.06. The molecule has 1 aliphatic heterocycles. The molecule has 1 atom stereocenters. The van der Waals surface area contributed by atoms with Crippen LogP contribution in [0.15, 0.2) is 4.47 Å². The minimum absolute atomic E-state index is 0.587. The Hall–Kier alpha value is -0.260. The Morgan fingerprint density at radius 2 is 2.41 bits per heavy atom. The normalized spacial score (nSPS) is 19.8. The van der Waals surface area contributed by atoms with E-state index < -0.39 is 0 Å². The van der Waals surface area contributed by atoms with Gasteiger partial charge < -0.3 is 9.72 Å². The van der Waals surface area contributed by atoms with Crippen LogP contribution in [0.25, 0.3) is 0 Å². The summed E-state index contributed by atoms with van der Waals surface area (Å²) >= 11 is 8.78. The smallest absolute Gasteiger partial charge is 0.144 e. The zero-order chi connectivity index (χ0) is 12.3. The Morgan fingerprint density at radius 3 is 3.06 bits per heavy atom. The highest BCUT2D eigenvalue weighted by atomic mass is 79.9. The fraction of sp³-hybridized carbons (Fsp3) is 0.667. The first-order valence-corrected chi connectivity index (χ1v) is 7.26. The summed E-state index contributed by atoms with van der Waals surface area (Å²) in [6.07, 6.45) is 4.16. The van der Waals surface area contributed by atoms with Crippen LogP contribution in [0.1, 0.15) is 31.3 Å². The summed E-state index contributed by atoms with van der Waals surface area (Å²) in [6.45, 7) is 3.89. The standard InChI is InChI=1S/C12H17BrN2OS/c1-2-3-9-11(13)12(17)15-10(14-9)6-8-4-5-16-7-8/h8H,2-7H2,1H3,(H,14,15,17). The molecule has 0 radical (unpaired) electrons. The van der Waals surface area contributed by atoms with E-state index in [0.717, 1.165) is 49.2 Å². The topological polar surface area (TPSA) is 37.9 Å². The summed E-state index contributed by atoms with van der Waals surface area (Å²) in [6, 6.07) is 0. The van der Waals surface area contributed by atoms with Crippen LogP contribution in [-0.4, -0.2) is 23.2 Å². The van der Waals surface area contributed by atoms with Gasteiger partial charge in [0.05, 0.1) is 4.47 Å². The fourth-order valence-electron chi connectivity index (χ4n) is 2.09. The third kappa shape index (κ3) is 3.36. The molecule has 0 aliphatic carbocycles. The molecule has 0 bridgehead atoms. The average molecular weight is 317 g/mol. The van der Waals surface area contributed by atoms with Gasteiger partial charge in [-0.1, -0.05) is 25.6 Å². The minimum atomic E-state index is 0.587. The minimum Gasteiger partial charge on any atom is -0.381 e. The number of rotatable bonds is 4. The van der Waals surface area contributed by atoms with Crippen LogP contribution >= 0.6 is 28.1 Å². The van der Waals surface area contributed by atoms with Crippen LogP contribution < -0.4 is 0 Å². The number of aryl methyl sites for hydroxylation is 1. The molecule has 94 valence electrons. The van der Waals surface area contributed by atoms with Gasteiger partial charge in [0.2, 0.25) is 0 Å². The van der Waals surface area contributed by atoms with Crippen LogP contribution in [0.2, 0.25) is 0 Å². The lowest BCUT2D eigenvalue weighted by Crippen LogP contribution is -2.09. The van der Waals surface area contributed by atoms with Gasteiger partial charge in [-0.2, -0.15) is 0 Å². The number of hydrogen-bond acceptors (Lipinski definition) is 3.